The number of halogens is 3. The lowest BCUT2D eigenvalue weighted by molar-refractivity contribution is -0.141. The molecule has 0 aliphatic heterocycles. The van der Waals surface area contributed by atoms with E-state index in [0.29, 0.717) is 22.0 Å². The first-order chi connectivity index (χ1) is 16.0. The van der Waals surface area contributed by atoms with Gasteiger partial charge in [0.1, 0.15) is 6.04 Å². The largest absolute Gasteiger partial charge is 0.357 e. The molecule has 0 aromatic heterocycles. The van der Waals surface area contributed by atoms with Crippen LogP contribution >= 0.6 is 34.8 Å². The lowest BCUT2D eigenvalue weighted by Gasteiger charge is -2.31. The van der Waals surface area contributed by atoms with Crippen molar-refractivity contribution in [3.8, 4) is 0 Å². The zero-order valence-corrected chi connectivity index (χ0v) is 22.3. The summed E-state index contributed by atoms with van der Waals surface area (Å²) in [5.41, 5.74) is 0.956. The van der Waals surface area contributed by atoms with E-state index in [4.69, 9.17) is 34.8 Å². The lowest BCUT2D eigenvalue weighted by Crippen LogP contribution is -2.48. The zero-order valence-electron chi connectivity index (χ0n) is 19.2. The predicted molar refractivity (Wildman–Crippen MR) is 138 cm³/mol. The van der Waals surface area contributed by atoms with Gasteiger partial charge in [0, 0.05) is 36.6 Å². The number of benzene rings is 2. The maximum Gasteiger partial charge on any atom is 0.242 e. The van der Waals surface area contributed by atoms with Crippen LogP contribution in [0.2, 0.25) is 15.1 Å². The monoisotopic (exact) mass is 547 g/mol. The highest BCUT2D eigenvalue weighted by molar-refractivity contribution is 7.92. The van der Waals surface area contributed by atoms with Gasteiger partial charge in [-0.1, -0.05) is 59.9 Å². The number of sulfonamides is 1. The van der Waals surface area contributed by atoms with E-state index in [1.807, 2.05) is 13.0 Å². The molecule has 0 heterocycles. The first kappa shape index (κ1) is 28.2. The van der Waals surface area contributed by atoms with Gasteiger partial charge < -0.3 is 10.2 Å². The van der Waals surface area contributed by atoms with E-state index in [1.165, 1.54) is 24.1 Å². The summed E-state index contributed by atoms with van der Waals surface area (Å²) in [4.78, 5) is 27.2. The van der Waals surface area contributed by atoms with Crippen LogP contribution in [-0.4, -0.2) is 51.0 Å². The summed E-state index contributed by atoms with van der Waals surface area (Å²) >= 11 is 18.5. The molecule has 7 nitrogen and oxygen atoms in total. The van der Waals surface area contributed by atoms with Crippen LogP contribution in [0.1, 0.15) is 31.7 Å². The van der Waals surface area contributed by atoms with Crippen molar-refractivity contribution in [2.45, 2.75) is 38.8 Å². The number of nitrogens with zero attached hydrogens (tertiary/aromatic N) is 2. The molecule has 1 atom stereocenters. The Morgan fingerprint density at radius 3 is 2.32 bits per heavy atom. The molecule has 2 aromatic rings. The third-order valence-corrected chi connectivity index (χ3v) is 7.36. The number of nitrogens with one attached hydrogen (secondary N) is 1. The minimum Gasteiger partial charge on any atom is -0.357 e. The van der Waals surface area contributed by atoms with Gasteiger partial charge in [-0.05, 0) is 42.7 Å². The van der Waals surface area contributed by atoms with E-state index in [9.17, 15) is 18.0 Å². The van der Waals surface area contributed by atoms with Crippen LogP contribution in [0.25, 0.3) is 0 Å². The number of anilines is 1. The molecule has 0 spiro atoms. The Morgan fingerprint density at radius 2 is 1.74 bits per heavy atom. The van der Waals surface area contributed by atoms with Gasteiger partial charge in [0.25, 0.3) is 0 Å². The third-order valence-electron chi connectivity index (χ3n) is 5.26. The molecule has 0 radical (unpaired) electrons. The minimum absolute atomic E-state index is 0.0152. The summed E-state index contributed by atoms with van der Waals surface area (Å²) in [7, 11) is -2.17. The van der Waals surface area contributed by atoms with Crippen LogP contribution in [-0.2, 0) is 26.2 Å². The van der Waals surface area contributed by atoms with Crippen LogP contribution in [0.3, 0.4) is 0 Å². The molecule has 1 N–H and O–H groups in total. The summed E-state index contributed by atoms with van der Waals surface area (Å²) in [6.07, 6.45) is 1.69. The highest BCUT2D eigenvalue weighted by Crippen LogP contribution is 2.31. The van der Waals surface area contributed by atoms with Gasteiger partial charge in [-0.3, -0.25) is 13.9 Å². The maximum absolute atomic E-state index is 13.3. The van der Waals surface area contributed by atoms with Crippen molar-refractivity contribution in [2.75, 3.05) is 24.2 Å². The predicted octanol–water partition coefficient (Wildman–Crippen LogP) is 4.75. The van der Waals surface area contributed by atoms with Crippen LogP contribution in [0, 0.1) is 0 Å². The molecule has 0 aliphatic rings. The van der Waals surface area contributed by atoms with E-state index >= 15 is 0 Å². The van der Waals surface area contributed by atoms with E-state index in [2.05, 4.69) is 5.32 Å². The highest BCUT2D eigenvalue weighted by Gasteiger charge is 2.29. The average molecular weight is 549 g/mol. The molecular formula is C23H28Cl3N3O4S. The fourth-order valence-corrected chi connectivity index (χ4v) is 5.16. The first-order valence-corrected chi connectivity index (χ1v) is 13.6. The van der Waals surface area contributed by atoms with Gasteiger partial charge in [-0.25, -0.2) is 8.42 Å². The molecule has 0 aliphatic carbocycles. The van der Waals surface area contributed by atoms with Crippen LogP contribution in [0.4, 0.5) is 5.69 Å². The highest BCUT2D eigenvalue weighted by atomic mass is 35.5. The fraction of sp³-hybridized carbons (Fsp3) is 0.391. The number of rotatable bonds is 11. The van der Waals surface area contributed by atoms with Crippen molar-refractivity contribution in [3.63, 3.8) is 0 Å². The molecule has 34 heavy (non-hydrogen) atoms. The zero-order chi connectivity index (χ0) is 25.5. The van der Waals surface area contributed by atoms with Gasteiger partial charge >= 0.3 is 0 Å². The number of amides is 2. The van der Waals surface area contributed by atoms with E-state index in [1.54, 1.807) is 24.3 Å². The quantitative estimate of drug-likeness (QED) is 0.439. The molecule has 2 rings (SSSR count). The molecule has 2 aromatic carbocycles. The standard InChI is InChI=1S/C23H28Cl3N3O4S/c1-4-20(23(31)27-2)28(15-16-8-5-6-9-18(16)25)22(30)10-7-13-29(34(3,32)33)21-14-17(24)11-12-19(21)26/h5-6,8-9,11-12,14,20H,4,7,10,13,15H2,1-3H3,(H,27,31). The van der Waals surface area contributed by atoms with E-state index in [-0.39, 0.29) is 48.5 Å². The Labute approximate surface area is 216 Å². The number of likely N-dealkylation sites (N-methyl/N-ethyl adjacent to an activating group) is 1. The van der Waals surface area contributed by atoms with Crippen molar-refractivity contribution in [2.24, 2.45) is 0 Å². The first-order valence-electron chi connectivity index (χ1n) is 10.7. The Bertz CT molecular complexity index is 1130. The molecule has 2 amide bonds. The molecule has 0 saturated heterocycles. The summed E-state index contributed by atoms with van der Waals surface area (Å²) in [6, 6.07) is 11.0. The van der Waals surface area contributed by atoms with Crippen molar-refractivity contribution < 1.29 is 18.0 Å². The summed E-state index contributed by atoms with van der Waals surface area (Å²) < 4.78 is 26.0. The molecule has 0 bridgehead atoms. The molecular weight excluding hydrogens is 521 g/mol. The molecule has 0 saturated carbocycles. The minimum atomic E-state index is -3.68. The number of carbonyl (C=O) groups excluding carboxylic acids is 2. The second kappa shape index (κ2) is 12.6. The van der Waals surface area contributed by atoms with E-state index < -0.39 is 16.1 Å². The maximum atomic E-state index is 13.3. The summed E-state index contributed by atoms with van der Waals surface area (Å²) in [5.74, 6) is -0.576. The van der Waals surface area contributed by atoms with Crippen LogP contribution < -0.4 is 9.62 Å². The Morgan fingerprint density at radius 1 is 1.06 bits per heavy atom. The molecule has 186 valence electrons. The number of hydrogen-bond donors (Lipinski definition) is 1. The average Bonchev–Trinajstić information content (AvgIpc) is 2.78. The van der Waals surface area contributed by atoms with Gasteiger partial charge in [0.05, 0.1) is 17.0 Å². The van der Waals surface area contributed by atoms with Crippen molar-refractivity contribution >= 4 is 62.3 Å². The number of carbonyl (C=O) groups is 2. The third kappa shape index (κ3) is 7.50. The summed E-state index contributed by atoms with van der Waals surface area (Å²) in [6.45, 7) is 1.99. The lowest BCUT2D eigenvalue weighted by atomic mass is 10.1. The fourth-order valence-electron chi connectivity index (χ4n) is 3.56. The molecule has 0 fully saturated rings. The van der Waals surface area contributed by atoms with Gasteiger partial charge in [0.2, 0.25) is 21.8 Å². The van der Waals surface area contributed by atoms with Crippen molar-refractivity contribution in [3.05, 3.63) is 63.1 Å². The normalized spacial score (nSPS) is 12.2. The second-order valence-electron chi connectivity index (χ2n) is 7.69. The van der Waals surface area contributed by atoms with Crippen molar-refractivity contribution in [1.29, 1.82) is 0 Å². The molecule has 1 unspecified atom stereocenters. The van der Waals surface area contributed by atoms with E-state index in [0.717, 1.165) is 10.6 Å². The molecule has 11 heteroatoms. The Kier molecular flexibility index (Phi) is 10.5. The Hall–Kier alpha value is -2.00. The van der Waals surface area contributed by atoms with Crippen molar-refractivity contribution in [1.82, 2.24) is 10.2 Å². The smallest absolute Gasteiger partial charge is 0.242 e. The number of hydrogen-bond acceptors (Lipinski definition) is 4. The SMILES string of the molecule is CCC(C(=O)NC)N(Cc1ccccc1Cl)C(=O)CCCN(c1cc(Cl)ccc1Cl)S(C)(=O)=O. The topological polar surface area (TPSA) is 86.8 Å². The van der Waals surface area contributed by atoms with Gasteiger partial charge in [-0.2, -0.15) is 0 Å². The van der Waals surface area contributed by atoms with Crippen LogP contribution in [0.15, 0.2) is 42.5 Å². The summed E-state index contributed by atoms with van der Waals surface area (Å²) in [5, 5.41) is 3.66. The second-order valence-corrected chi connectivity index (χ2v) is 10.8. The van der Waals surface area contributed by atoms with Crippen LogP contribution in [0.5, 0.6) is 0 Å². The van der Waals surface area contributed by atoms with Gasteiger partial charge in [0.15, 0.2) is 0 Å². The van der Waals surface area contributed by atoms with Gasteiger partial charge in [-0.15, -0.1) is 0 Å². The Balaban J connectivity index is 2.24.